The highest BCUT2D eigenvalue weighted by Gasteiger charge is 2.40. The van der Waals surface area contributed by atoms with Crippen LogP contribution in [0.1, 0.15) is 28.8 Å². The van der Waals surface area contributed by atoms with Gasteiger partial charge in [0.25, 0.3) is 5.91 Å². The van der Waals surface area contributed by atoms with E-state index in [1.807, 2.05) is 36.0 Å². The lowest BCUT2D eigenvalue weighted by atomic mass is 10.0. The lowest BCUT2D eigenvalue weighted by molar-refractivity contribution is -0.136. The molecule has 32 heavy (non-hydrogen) atoms. The van der Waals surface area contributed by atoms with Crippen LogP contribution in [0.3, 0.4) is 0 Å². The van der Waals surface area contributed by atoms with Crippen LogP contribution in [-0.4, -0.2) is 48.6 Å². The van der Waals surface area contributed by atoms with Gasteiger partial charge in [0, 0.05) is 29.7 Å². The van der Waals surface area contributed by atoms with Crippen molar-refractivity contribution < 1.29 is 14.4 Å². The minimum Gasteiger partial charge on any atom is -0.322 e. The van der Waals surface area contributed by atoms with E-state index in [-0.39, 0.29) is 24.8 Å². The lowest BCUT2D eigenvalue weighted by Crippen LogP contribution is -2.52. The molecule has 0 aliphatic carbocycles. The molecule has 2 aromatic heterocycles. The molecule has 4 aromatic rings. The highest BCUT2D eigenvalue weighted by molar-refractivity contribution is 7.16. The molecule has 3 amide bonds. The van der Waals surface area contributed by atoms with Crippen molar-refractivity contribution in [3.63, 3.8) is 0 Å². The van der Waals surface area contributed by atoms with Crippen molar-refractivity contribution >= 4 is 39.3 Å². The second-order valence-electron chi connectivity index (χ2n) is 7.79. The fourth-order valence-corrected chi connectivity index (χ4v) is 4.97. The minimum atomic E-state index is -0.656. The van der Waals surface area contributed by atoms with Gasteiger partial charge >= 0.3 is 0 Å². The topological polar surface area (TPSA) is 110 Å². The Bertz CT molecular complexity index is 1420. The van der Waals surface area contributed by atoms with Crippen LogP contribution >= 0.6 is 11.3 Å². The number of aromatic nitrogens is 4. The van der Waals surface area contributed by atoms with Gasteiger partial charge in [-0.1, -0.05) is 17.3 Å². The summed E-state index contributed by atoms with van der Waals surface area (Å²) in [5, 5.41) is 10.9. The number of hydrogen-bond donors (Lipinski definition) is 1. The Hall–Kier alpha value is -3.92. The van der Waals surface area contributed by atoms with Crippen LogP contribution in [0.5, 0.6) is 0 Å². The third kappa shape index (κ3) is 2.91. The molecule has 2 aromatic carbocycles. The predicted molar refractivity (Wildman–Crippen MR) is 116 cm³/mol. The summed E-state index contributed by atoms with van der Waals surface area (Å²) in [7, 11) is 0. The Morgan fingerprint density at radius 1 is 1.12 bits per heavy atom. The fraction of sp³-hybridized carbons (Fsp3) is 0.182. The first-order valence-corrected chi connectivity index (χ1v) is 11.0. The summed E-state index contributed by atoms with van der Waals surface area (Å²) in [4.78, 5) is 42.7. The van der Waals surface area contributed by atoms with Gasteiger partial charge in [-0.25, -0.2) is 9.67 Å². The molecule has 4 heterocycles. The van der Waals surface area contributed by atoms with Crippen LogP contribution < -0.4 is 5.32 Å². The largest absolute Gasteiger partial charge is 0.322 e. The SMILES string of the molecule is O=C1CCC(N2Cc3c(cccc3-n3cc(-c4ccc5scnc5c4)nn3)C2=O)C(=O)N1. The van der Waals surface area contributed by atoms with Crippen molar-refractivity contribution in [3.8, 4) is 16.9 Å². The summed E-state index contributed by atoms with van der Waals surface area (Å²) < 4.78 is 2.76. The molecule has 1 unspecified atom stereocenters. The van der Waals surface area contributed by atoms with E-state index in [2.05, 4.69) is 20.6 Å². The second-order valence-corrected chi connectivity index (χ2v) is 8.67. The normalized spacial score (nSPS) is 18.3. The molecule has 10 heteroatoms. The molecule has 0 saturated carbocycles. The van der Waals surface area contributed by atoms with Crippen molar-refractivity contribution in [3.05, 3.63) is 59.2 Å². The number of benzene rings is 2. The number of amides is 3. The molecule has 9 nitrogen and oxygen atoms in total. The summed E-state index contributed by atoms with van der Waals surface area (Å²) in [6.45, 7) is 0.274. The molecular weight excluding hydrogens is 428 g/mol. The molecule has 2 aliphatic rings. The number of carbonyl (C=O) groups excluding carboxylic acids is 3. The number of fused-ring (bicyclic) bond motifs is 2. The summed E-state index contributed by atoms with van der Waals surface area (Å²) in [6.07, 6.45) is 2.37. The van der Waals surface area contributed by atoms with Crippen LogP contribution in [-0.2, 0) is 16.1 Å². The number of hydrogen-bond acceptors (Lipinski definition) is 7. The zero-order chi connectivity index (χ0) is 21.8. The van der Waals surface area contributed by atoms with Crippen molar-refractivity contribution in [1.82, 2.24) is 30.2 Å². The van der Waals surface area contributed by atoms with Crippen LogP contribution in [0.25, 0.3) is 27.2 Å². The smallest absolute Gasteiger partial charge is 0.255 e. The Labute approximate surface area is 185 Å². The van der Waals surface area contributed by atoms with Crippen molar-refractivity contribution in [2.45, 2.75) is 25.4 Å². The Morgan fingerprint density at radius 2 is 2.03 bits per heavy atom. The molecule has 0 spiro atoms. The van der Waals surface area contributed by atoms with E-state index in [0.29, 0.717) is 17.7 Å². The van der Waals surface area contributed by atoms with E-state index in [9.17, 15) is 14.4 Å². The molecule has 0 bridgehead atoms. The number of piperidine rings is 1. The second kappa shape index (κ2) is 7.06. The first kappa shape index (κ1) is 18.8. The highest BCUT2D eigenvalue weighted by atomic mass is 32.1. The Balaban J connectivity index is 1.34. The number of thiazole rings is 1. The van der Waals surface area contributed by atoms with Gasteiger partial charge in [0.05, 0.1) is 27.6 Å². The fourth-order valence-electron chi connectivity index (χ4n) is 4.31. The minimum absolute atomic E-state index is 0.217. The maximum atomic E-state index is 13.0. The third-order valence-electron chi connectivity index (χ3n) is 5.92. The number of nitrogens with zero attached hydrogens (tertiary/aromatic N) is 5. The number of imide groups is 1. The van der Waals surface area contributed by atoms with Gasteiger partial charge in [0.1, 0.15) is 11.7 Å². The summed E-state index contributed by atoms with van der Waals surface area (Å²) in [5.74, 6) is -0.947. The first-order chi connectivity index (χ1) is 15.6. The Morgan fingerprint density at radius 3 is 2.91 bits per heavy atom. The maximum Gasteiger partial charge on any atom is 0.255 e. The molecule has 158 valence electrons. The van der Waals surface area contributed by atoms with Crippen LogP contribution in [0.15, 0.2) is 48.1 Å². The molecule has 1 N–H and O–H groups in total. The number of rotatable bonds is 3. The molecule has 1 fully saturated rings. The summed E-state index contributed by atoms with van der Waals surface area (Å²) in [6, 6.07) is 10.7. The van der Waals surface area contributed by atoms with E-state index < -0.39 is 11.9 Å². The van der Waals surface area contributed by atoms with E-state index in [0.717, 1.165) is 27.0 Å². The summed E-state index contributed by atoms with van der Waals surface area (Å²) >= 11 is 1.58. The van der Waals surface area contributed by atoms with Gasteiger partial charge < -0.3 is 4.90 Å². The zero-order valence-electron chi connectivity index (χ0n) is 16.7. The third-order valence-corrected chi connectivity index (χ3v) is 6.73. The molecule has 2 aliphatic heterocycles. The lowest BCUT2D eigenvalue weighted by Gasteiger charge is -2.29. The van der Waals surface area contributed by atoms with Crippen LogP contribution in [0, 0.1) is 0 Å². The van der Waals surface area contributed by atoms with Gasteiger partial charge in [-0.2, -0.15) is 0 Å². The van der Waals surface area contributed by atoms with Gasteiger partial charge in [-0.3, -0.25) is 19.7 Å². The van der Waals surface area contributed by atoms with Crippen molar-refractivity contribution in [2.75, 3.05) is 0 Å². The summed E-state index contributed by atoms with van der Waals surface area (Å²) in [5.41, 5.74) is 6.38. The number of nitrogens with one attached hydrogen (secondary N) is 1. The van der Waals surface area contributed by atoms with Gasteiger partial charge in [0.15, 0.2) is 0 Å². The maximum absolute atomic E-state index is 13.0. The van der Waals surface area contributed by atoms with Crippen molar-refractivity contribution in [2.24, 2.45) is 0 Å². The van der Waals surface area contributed by atoms with Gasteiger partial charge in [-0.05, 0) is 30.7 Å². The Kier molecular flexibility index (Phi) is 4.15. The number of carbonyl (C=O) groups is 3. The quantitative estimate of drug-likeness (QED) is 0.486. The molecule has 6 rings (SSSR count). The predicted octanol–water partition coefficient (Wildman–Crippen LogP) is 2.31. The standard InChI is InChI=1S/C22H16N6O3S/c29-20-7-5-18(21(30)24-20)27-9-14-13(22(27)31)2-1-3-17(14)28-10-16(25-26-28)12-4-6-19-15(8-12)23-11-32-19/h1-4,6,8,10-11,18H,5,7,9H2,(H,24,29,30). The van der Waals surface area contributed by atoms with Crippen LogP contribution in [0.2, 0.25) is 0 Å². The van der Waals surface area contributed by atoms with E-state index in [4.69, 9.17) is 0 Å². The van der Waals surface area contributed by atoms with Crippen LogP contribution in [0.4, 0.5) is 0 Å². The van der Waals surface area contributed by atoms with Gasteiger partial charge in [-0.15, -0.1) is 16.4 Å². The molecule has 1 saturated heterocycles. The van der Waals surface area contributed by atoms with Gasteiger partial charge in [0.2, 0.25) is 11.8 Å². The molecule has 0 radical (unpaired) electrons. The molecule has 1 atom stereocenters. The van der Waals surface area contributed by atoms with E-state index >= 15 is 0 Å². The van der Waals surface area contributed by atoms with E-state index in [1.165, 1.54) is 4.90 Å². The van der Waals surface area contributed by atoms with Crippen molar-refractivity contribution in [1.29, 1.82) is 0 Å². The zero-order valence-corrected chi connectivity index (χ0v) is 17.5. The molecular formula is C22H16N6O3S. The van der Waals surface area contributed by atoms with E-state index in [1.54, 1.807) is 28.2 Å². The first-order valence-electron chi connectivity index (χ1n) is 10.1. The average molecular weight is 444 g/mol. The highest BCUT2D eigenvalue weighted by Crippen LogP contribution is 2.32. The monoisotopic (exact) mass is 444 g/mol. The average Bonchev–Trinajstić information content (AvgIpc) is 3.52.